The number of fused-ring (bicyclic) bond motifs is 1. The molecule has 1 fully saturated rings. The van der Waals surface area contributed by atoms with Gasteiger partial charge >= 0.3 is 0 Å². The Balaban J connectivity index is 1.67. The van der Waals surface area contributed by atoms with Crippen molar-refractivity contribution in [2.24, 2.45) is 0 Å². The fraction of sp³-hybridized carbons (Fsp3) is 0.350. The van der Waals surface area contributed by atoms with Crippen LogP contribution in [0.2, 0.25) is 0 Å². The Morgan fingerprint density at radius 2 is 1.96 bits per heavy atom. The molecule has 2 aromatic heterocycles. The first kappa shape index (κ1) is 16.0. The van der Waals surface area contributed by atoms with Gasteiger partial charge in [0, 0.05) is 17.5 Å². The highest BCUT2D eigenvalue weighted by atomic mass is 16.5. The van der Waals surface area contributed by atoms with Gasteiger partial charge < -0.3 is 18.5 Å². The van der Waals surface area contributed by atoms with Crippen LogP contribution in [0.15, 0.2) is 39.4 Å². The third kappa shape index (κ3) is 2.65. The summed E-state index contributed by atoms with van der Waals surface area (Å²) in [4.78, 5) is 14.9. The molecule has 5 nitrogen and oxygen atoms in total. The van der Waals surface area contributed by atoms with Crippen LogP contribution >= 0.6 is 0 Å². The molecule has 25 heavy (non-hydrogen) atoms. The predicted molar refractivity (Wildman–Crippen MR) is 93.7 cm³/mol. The van der Waals surface area contributed by atoms with Crippen LogP contribution in [-0.4, -0.2) is 30.5 Å². The SMILES string of the molecule is Cc1ccc(C)c2c(C)c(C(=O)N3CCOC(c4ccco4)C3)oc12. The van der Waals surface area contributed by atoms with E-state index >= 15 is 0 Å². The monoisotopic (exact) mass is 339 g/mol. The summed E-state index contributed by atoms with van der Waals surface area (Å²) < 4.78 is 17.2. The van der Waals surface area contributed by atoms with Crippen LogP contribution in [0.3, 0.4) is 0 Å². The molecule has 1 aromatic carbocycles. The zero-order chi connectivity index (χ0) is 17.6. The summed E-state index contributed by atoms with van der Waals surface area (Å²) in [6, 6.07) is 7.79. The molecule has 0 radical (unpaired) electrons. The number of nitrogens with zero attached hydrogens (tertiary/aromatic N) is 1. The third-order valence-corrected chi connectivity index (χ3v) is 4.89. The Labute approximate surface area is 146 Å². The highest BCUT2D eigenvalue weighted by Crippen LogP contribution is 2.32. The number of ether oxygens (including phenoxy) is 1. The lowest BCUT2D eigenvalue weighted by molar-refractivity contribution is -0.0329. The topological polar surface area (TPSA) is 55.8 Å². The second kappa shape index (κ2) is 6.08. The summed E-state index contributed by atoms with van der Waals surface area (Å²) in [7, 11) is 0. The minimum atomic E-state index is -0.235. The Bertz CT molecular complexity index is 923. The highest BCUT2D eigenvalue weighted by molar-refractivity contribution is 6.00. The van der Waals surface area contributed by atoms with E-state index in [0.29, 0.717) is 25.5 Å². The maximum absolute atomic E-state index is 13.1. The first-order chi connectivity index (χ1) is 12.1. The molecule has 4 rings (SSSR count). The molecule has 3 heterocycles. The van der Waals surface area contributed by atoms with Crippen LogP contribution in [0.1, 0.15) is 39.1 Å². The number of amides is 1. The van der Waals surface area contributed by atoms with Crippen molar-refractivity contribution in [3.63, 3.8) is 0 Å². The average Bonchev–Trinajstić information content (AvgIpc) is 3.27. The minimum absolute atomic E-state index is 0.0904. The number of hydrogen-bond acceptors (Lipinski definition) is 4. The van der Waals surface area contributed by atoms with E-state index in [1.807, 2.05) is 39.0 Å². The van der Waals surface area contributed by atoms with Crippen molar-refractivity contribution in [3.05, 3.63) is 58.7 Å². The molecule has 1 aliphatic heterocycles. The van der Waals surface area contributed by atoms with Crippen molar-refractivity contribution in [2.75, 3.05) is 19.7 Å². The predicted octanol–water partition coefficient (Wildman–Crippen LogP) is 4.16. The molecule has 130 valence electrons. The van der Waals surface area contributed by atoms with Crippen LogP contribution in [0.25, 0.3) is 11.0 Å². The molecule has 0 aliphatic carbocycles. The summed E-state index contributed by atoms with van der Waals surface area (Å²) in [6.07, 6.45) is 1.38. The van der Waals surface area contributed by atoms with Gasteiger partial charge in [0.2, 0.25) is 0 Å². The Morgan fingerprint density at radius 3 is 2.68 bits per heavy atom. The number of benzene rings is 1. The lowest BCUT2D eigenvalue weighted by Gasteiger charge is -2.31. The van der Waals surface area contributed by atoms with Gasteiger partial charge in [-0.15, -0.1) is 0 Å². The maximum Gasteiger partial charge on any atom is 0.290 e. The molecular weight excluding hydrogens is 318 g/mol. The summed E-state index contributed by atoms with van der Waals surface area (Å²) in [5.74, 6) is 1.07. The molecule has 1 amide bonds. The molecule has 3 aromatic rings. The summed E-state index contributed by atoms with van der Waals surface area (Å²) >= 11 is 0. The quantitative estimate of drug-likeness (QED) is 0.703. The van der Waals surface area contributed by atoms with E-state index in [4.69, 9.17) is 13.6 Å². The molecule has 0 bridgehead atoms. The Morgan fingerprint density at radius 1 is 1.16 bits per heavy atom. The van der Waals surface area contributed by atoms with E-state index in [-0.39, 0.29) is 12.0 Å². The van der Waals surface area contributed by atoms with Gasteiger partial charge in [0.15, 0.2) is 5.76 Å². The van der Waals surface area contributed by atoms with Crippen LogP contribution in [-0.2, 0) is 4.74 Å². The molecule has 1 saturated heterocycles. The molecule has 5 heteroatoms. The van der Waals surface area contributed by atoms with Crippen molar-refractivity contribution < 1.29 is 18.4 Å². The van der Waals surface area contributed by atoms with Crippen LogP contribution in [0.5, 0.6) is 0 Å². The second-order valence-corrected chi connectivity index (χ2v) is 6.59. The molecule has 0 spiro atoms. The van der Waals surface area contributed by atoms with Gasteiger partial charge in [-0.3, -0.25) is 4.79 Å². The number of morpholine rings is 1. The Hall–Kier alpha value is -2.53. The molecule has 1 unspecified atom stereocenters. The summed E-state index contributed by atoms with van der Waals surface area (Å²) in [5.41, 5.74) is 3.87. The maximum atomic E-state index is 13.1. The summed E-state index contributed by atoms with van der Waals surface area (Å²) in [6.45, 7) is 7.48. The fourth-order valence-corrected chi connectivity index (χ4v) is 3.50. The van der Waals surface area contributed by atoms with E-state index in [1.54, 1.807) is 11.2 Å². The first-order valence-corrected chi connectivity index (χ1v) is 8.50. The Kier molecular flexibility index (Phi) is 3.88. The fourth-order valence-electron chi connectivity index (χ4n) is 3.50. The average molecular weight is 339 g/mol. The molecule has 0 saturated carbocycles. The lowest BCUT2D eigenvalue weighted by Crippen LogP contribution is -2.42. The lowest BCUT2D eigenvalue weighted by atomic mass is 10.0. The number of hydrogen-bond donors (Lipinski definition) is 0. The molecule has 0 N–H and O–H groups in total. The largest absolute Gasteiger partial charge is 0.467 e. The highest BCUT2D eigenvalue weighted by Gasteiger charge is 2.31. The normalized spacial score (nSPS) is 18.0. The van der Waals surface area contributed by atoms with Crippen molar-refractivity contribution in [1.29, 1.82) is 0 Å². The molecular formula is C20H21NO4. The van der Waals surface area contributed by atoms with E-state index in [0.717, 1.165) is 33.4 Å². The third-order valence-electron chi connectivity index (χ3n) is 4.89. The number of carbonyl (C=O) groups excluding carboxylic acids is 1. The smallest absolute Gasteiger partial charge is 0.290 e. The van der Waals surface area contributed by atoms with Crippen molar-refractivity contribution >= 4 is 16.9 Å². The van der Waals surface area contributed by atoms with Crippen LogP contribution in [0.4, 0.5) is 0 Å². The second-order valence-electron chi connectivity index (χ2n) is 6.59. The minimum Gasteiger partial charge on any atom is -0.467 e. The van der Waals surface area contributed by atoms with Crippen LogP contribution in [0, 0.1) is 20.8 Å². The number of carbonyl (C=O) groups is 1. The van der Waals surface area contributed by atoms with Gasteiger partial charge in [0.25, 0.3) is 5.91 Å². The zero-order valence-corrected chi connectivity index (χ0v) is 14.7. The molecule has 1 atom stereocenters. The first-order valence-electron chi connectivity index (χ1n) is 8.50. The molecule has 1 aliphatic rings. The van der Waals surface area contributed by atoms with Crippen molar-refractivity contribution in [1.82, 2.24) is 4.90 Å². The number of aryl methyl sites for hydroxylation is 3. The number of furan rings is 2. The van der Waals surface area contributed by atoms with E-state index in [2.05, 4.69) is 6.07 Å². The van der Waals surface area contributed by atoms with Crippen molar-refractivity contribution in [2.45, 2.75) is 26.9 Å². The van der Waals surface area contributed by atoms with Gasteiger partial charge in [-0.2, -0.15) is 0 Å². The van der Waals surface area contributed by atoms with E-state index < -0.39 is 0 Å². The van der Waals surface area contributed by atoms with E-state index in [1.165, 1.54) is 0 Å². The van der Waals surface area contributed by atoms with Gasteiger partial charge in [-0.05, 0) is 44.0 Å². The van der Waals surface area contributed by atoms with Gasteiger partial charge in [0.1, 0.15) is 17.4 Å². The van der Waals surface area contributed by atoms with Crippen LogP contribution < -0.4 is 0 Å². The number of rotatable bonds is 2. The van der Waals surface area contributed by atoms with Crippen molar-refractivity contribution in [3.8, 4) is 0 Å². The standard InChI is InChI=1S/C20H21NO4/c1-12-6-7-13(2)18-17(12)14(3)19(25-18)20(22)21-8-10-24-16(11-21)15-5-4-9-23-15/h4-7,9,16H,8,10-11H2,1-3H3. The van der Waals surface area contributed by atoms with Gasteiger partial charge in [0.05, 0.1) is 19.4 Å². The van der Waals surface area contributed by atoms with Gasteiger partial charge in [-0.25, -0.2) is 0 Å². The van der Waals surface area contributed by atoms with Gasteiger partial charge in [-0.1, -0.05) is 12.1 Å². The summed E-state index contributed by atoms with van der Waals surface area (Å²) in [5, 5.41) is 1.04. The zero-order valence-electron chi connectivity index (χ0n) is 14.7. The van der Waals surface area contributed by atoms with E-state index in [9.17, 15) is 4.79 Å².